The van der Waals surface area contributed by atoms with Crippen LogP contribution in [0.3, 0.4) is 0 Å². The predicted octanol–water partition coefficient (Wildman–Crippen LogP) is 5.10. The molecule has 2 aromatic carbocycles. The van der Waals surface area contributed by atoms with Crippen LogP contribution in [-0.4, -0.2) is 50.5 Å². The van der Waals surface area contributed by atoms with Crippen LogP contribution in [0.5, 0.6) is 5.75 Å². The van der Waals surface area contributed by atoms with Crippen LogP contribution in [0.15, 0.2) is 82.5 Å². The Labute approximate surface area is 218 Å². The second-order valence-corrected chi connectivity index (χ2v) is 10.9. The Bertz CT molecular complexity index is 1180. The van der Waals surface area contributed by atoms with Gasteiger partial charge in [-0.05, 0) is 48.2 Å². The van der Waals surface area contributed by atoms with Crippen molar-refractivity contribution in [3.05, 3.63) is 84.3 Å². The van der Waals surface area contributed by atoms with E-state index < -0.39 is 16.1 Å². The molecule has 0 aliphatic heterocycles. The molecule has 0 unspecified atom stereocenters. The Hall–Kier alpha value is -3.34. The van der Waals surface area contributed by atoms with Crippen molar-refractivity contribution in [2.24, 2.45) is 5.92 Å². The summed E-state index contributed by atoms with van der Waals surface area (Å²) in [5.41, 5.74) is 1.65. The van der Waals surface area contributed by atoms with Gasteiger partial charge in [0.2, 0.25) is 10.0 Å². The zero-order valence-corrected chi connectivity index (χ0v) is 22.2. The van der Waals surface area contributed by atoms with E-state index in [0.29, 0.717) is 25.3 Å². The van der Waals surface area contributed by atoms with Crippen molar-refractivity contribution >= 4 is 16.1 Å². The van der Waals surface area contributed by atoms with Crippen LogP contribution in [0, 0.1) is 5.92 Å². The van der Waals surface area contributed by atoms with E-state index >= 15 is 0 Å². The lowest BCUT2D eigenvalue weighted by atomic mass is 10.2. The summed E-state index contributed by atoms with van der Waals surface area (Å²) in [5, 5.41) is 0. The summed E-state index contributed by atoms with van der Waals surface area (Å²) in [7, 11) is -2.20. The quantitative estimate of drug-likeness (QED) is 0.211. The number of hydrogen-bond donors (Lipinski definition) is 0. The molecule has 0 atom stereocenters. The van der Waals surface area contributed by atoms with Crippen LogP contribution in [-0.2, 0) is 33.0 Å². The van der Waals surface area contributed by atoms with Gasteiger partial charge in [0.05, 0.1) is 24.5 Å². The van der Waals surface area contributed by atoms with Gasteiger partial charge in [0.1, 0.15) is 12.4 Å². The molecular formula is C27H34N2O7S. The number of carbonyl (C=O) groups excluding carboxylic acids is 1. The minimum atomic E-state index is -3.73. The van der Waals surface area contributed by atoms with Crippen LogP contribution in [0.25, 0.3) is 0 Å². The molecule has 0 saturated carbocycles. The first-order valence-corrected chi connectivity index (χ1v) is 13.5. The van der Waals surface area contributed by atoms with Crippen molar-refractivity contribution < 1.29 is 32.1 Å². The van der Waals surface area contributed by atoms with E-state index in [2.05, 4.69) is 0 Å². The lowest BCUT2D eigenvalue weighted by Crippen LogP contribution is -2.38. The maximum atomic E-state index is 13.4. The van der Waals surface area contributed by atoms with E-state index in [1.165, 1.54) is 41.0 Å². The molecule has 37 heavy (non-hydrogen) atoms. The zero-order chi connectivity index (χ0) is 26.7. The number of carbonyl (C=O) groups is 1. The molecule has 0 fully saturated rings. The summed E-state index contributed by atoms with van der Waals surface area (Å²) < 4.78 is 38.3. The molecule has 1 aromatic heterocycles. The minimum Gasteiger partial charge on any atom is -0.497 e. The highest BCUT2D eigenvalue weighted by molar-refractivity contribution is 7.89. The van der Waals surface area contributed by atoms with E-state index in [1.807, 2.05) is 44.2 Å². The van der Waals surface area contributed by atoms with Crippen LogP contribution < -0.4 is 4.74 Å². The average molecular weight is 531 g/mol. The predicted molar refractivity (Wildman–Crippen MR) is 138 cm³/mol. The Morgan fingerprint density at radius 2 is 1.70 bits per heavy atom. The van der Waals surface area contributed by atoms with Gasteiger partial charge in [-0.3, -0.25) is 4.89 Å². The fourth-order valence-electron chi connectivity index (χ4n) is 3.67. The maximum Gasteiger partial charge on any atom is 0.441 e. The van der Waals surface area contributed by atoms with Gasteiger partial charge >= 0.3 is 6.09 Å². The molecule has 0 radical (unpaired) electrons. The summed E-state index contributed by atoms with van der Waals surface area (Å²) in [6, 6.07) is 17.5. The first-order chi connectivity index (χ1) is 17.8. The molecule has 0 saturated heterocycles. The third-order valence-corrected chi connectivity index (χ3v) is 7.39. The van der Waals surface area contributed by atoms with Crippen LogP contribution >= 0.6 is 0 Å². The number of sulfonamides is 1. The Morgan fingerprint density at radius 1 is 0.973 bits per heavy atom. The number of furan rings is 1. The maximum absolute atomic E-state index is 13.4. The molecule has 9 nitrogen and oxygen atoms in total. The van der Waals surface area contributed by atoms with E-state index in [9.17, 15) is 13.2 Å². The summed E-state index contributed by atoms with van der Waals surface area (Å²) in [4.78, 5) is 24.6. The average Bonchev–Trinajstić information content (AvgIpc) is 3.41. The van der Waals surface area contributed by atoms with E-state index in [1.54, 1.807) is 18.2 Å². The summed E-state index contributed by atoms with van der Waals surface area (Å²) >= 11 is 0. The van der Waals surface area contributed by atoms with Crippen molar-refractivity contribution in [2.45, 2.75) is 38.3 Å². The molecule has 1 amide bonds. The fraction of sp³-hybridized carbons (Fsp3) is 0.370. The fourth-order valence-corrected chi connectivity index (χ4v) is 5.31. The van der Waals surface area contributed by atoms with E-state index in [4.69, 9.17) is 18.9 Å². The molecule has 3 rings (SSSR count). The number of amides is 1. The van der Waals surface area contributed by atoms with E-state index in [-0.39, 0.29) is 30.5 Å². The Balaban J connectivity index is 1.66. The van der Waals surface area contributed by atoms with Gasteiger partial charge in [-0.1, -0.05) is 44.2 Å². The molecule has 0 aliphatic carbocycles. The Morgan fingerprint density at radius 3 is 2.32 bits per heavy atom. The molecule has 1 heterocycles. The lowest BCUT2D eigenvalue weighted by Gasteiger charge is -2.26. The van der Waals surface area contributed by atoms with Crippen molar-refractivity contribution in [1.29, 1.82) is 0 Å². The first kappa shape index (κ1) is 28.2. The number of hydrogen-bond acceptors (Lipinski definition) is 7. The second-order valence-electron chi connectivity index (χ2n) is 8.94. The van der Waals surface area contributed by atoms with Gasteiger partial charge in [0, 0.05) is 31.7 Å². The summed E-state index contributed by atoms with van der Waals surface area (Å²) in [6.07, 6.45) is 2.76. The number of methoxy groups -OCH3 is 1. The topological polar surface area (TPSA) is 98.5 Å². The highest BCUT2D eigenvalue weighted by atomic mass is 32.2. The third kappa shape index (κ3) is 8.63. The highest BCUT2D eigenvalue weighted by Crippen LogP contribution is 2.21. The number of nitrogens with zero attached hydrogens (tertiary/aromatic N) is 2. The normalized spacial score (nSPS) is 11.6. The SMILES string of the molecule is COc1ccc(S(=O)(=O)N(CCCN(Cc2ccccc2)C(=O)OOCc2ccoc2)CC(C)C)cc1. The minimum absolute atomic E-state index is 0.0592. The molecular weight excluding hydrogens is 496 g/mol. The molecule has 3 aromatic rings. The van der Waals surface area contributed by atoms with Crippen molar-refractivity contribution in [3.8, 4) is 5.75 Å². The lowest BCUT2D eigenvalue weighted by molar-refractivity contribution is -0.256. The van der Waals surface area contributed by atoms with Gasteiger partial charge < -0.3 is 14.1 Å². The third-order valence-electron chi connectivity index (χ3n) is 5.51. The monoisotopic (exact) mass is 530 g/mol. The van der Waals surface area contributed by atoms with Gasteiger partial charge in [-0.2, -0.15) is 9.19 Å². The number of benzene rings is 2. The molecule has 0 bridgehead atoms. The van der Waals surface area contributed by atoms with Crippen molar-refractivity contribution in [1.82, 2.24) is 9.21 Å². The smallest absolute Gasteiger partial charge is 0.441 e. The number of ether oxygens (including phenoxy) is 1. The van der Waals surface area contributed by atoms with Crippen LogP contribution in [0.1, 0.15) is 31.4 Å². The van der Waals surface area contributed by atoms with Crippen LogP contribution in [0.4, 0.5) is 4.79 Å². The zero-order valence-electron chi connectivity index (χ0n) is 21.4. The molecule has 0 aliphatic rings. The highest BCUT2D eigenvalue weighted by Gasteiger charge is 2.26. The van der Waals surface area contributed by atoms with Crippen LogP contribution in [0.2, 0.25) is 0 Å². The van der Waals surface area contributed by atoms with Gasteiger partial charge in [0.25, 0.3) is 0 Å². The van der Waals surface area contributed by atoms with Gasteiger partial charge in [0.15, 0.2) is 0 Å². The molecule has 0 spiro atoms. The van der Waals surface area contributed by atoms with Gasteiger partial charge in [-0.25, -0.2) is 13.2 Å². The Kier molecular flexibility index (Phi) is 10.6. The summed E-state index contributed by atoms with van der Waals surface area (Å²) in [5.74, 6) is 0.703. The molecule has 10 heteroatoms. The van der Waals surface area contributed by atoms with Crippen molar-refractivity contribution in [2.75, 3.05) is 26.7 Å². The van der Waals surface area contributed by atoms with Gasteiger partial charge in [-0.15, -0.1) is 0 Å². The number of rotatable bonds is 14. The van der Waals surface area contributed by atoms with Crippen molar-refractivity contribution in [3.63, 3.8) is 0 Å². The molecule has 0 N–H and O–H groups in total. The standard InChI is InChI=1S/C27H34N2O7S/c1-22(2)18-29(37(31,32)26-12-10-25(33-3)11-13-26)16-7-15-28(19-23-8-5-4-6-9-23)27(30)36-35-21-24-14-17-34-20-24/h4-6,8-14,17,20,22H,7,15-16,18-19,21H2,1-3H3. The summed E-state index contributed by atoms with van der Waals surface area (Å²) in [6.45, 7) is 5.15. The second kappa shape index (κ2) is 13.8. The van der Waals surface area contributed by atoms with E-state index in [0.717, 1.165) is 11.1 Å². The largest absolute Gasteiger partial charge is 0.497 e. The molecule has 200 valence electrons. The first-order valence-electron chi connectivity index (χ1n) is 12.1.